The summed E-state index contributed by atoms with van der Waals surface area (Å²) >= 11 is 0. The molecule has 3 heteroatoms. The van der Waals surface area contributed by atoms with Gasteiger partial charge in [-0.15, -0.1) is 0 Å². The van der Waals surface area contributed by atoms with Crippen LogP contribution in [0.25, 0.3) is 0 Å². The normalized spacial score (nSPS) is 22.1. The summed E-state index contributed by atoms with van der Waals surface area (Å²) in [4.78, 5) is 16.2. The molecule has 0 fully saturated rings. The third kappa shape index (κ3) is 2.59. The topological polar surface area (TPSA) is 23.6 Å². The zero-order valence-electron chi connectivity index (χ0n) is 13.9. The van der Waals surface area contributed by atoms with Crippen molar-refractivity contribution >= 4 is 5.91 Å². The van der Waals surface area contributed by atoms with Gasteiger partial charge in [-0.2, -0.15) is 0 Å². The maximum Gasteiger partial charge on any atom is 0.219 e. The van der Waals surface area contributed by atoms with Gasteiger partial charge in [0, 0.05) is 39.0 Å². The Bertz CT molecular complexity index is 586. The van der Waals surface area contributed by atoms with E-state index < -0.39 is 0 Å². The van der Waals surface area contributed by atoms with Crippen LogP contribution in [0.3, 0.4) is 0 Å². The molecule has 3 nitrogen and oxygen atoms in total. The highest BCUT2D eigenvalue weighted by Gasteiger charge is 2.34. The van der Waals surface area contributed by atoms with Crippen LogP contribution in [0.5, 0.6) is 0 Å². The second-order valence-corrected chi connectivity index (χ2v) is 7.75. The van der Waals surface area contributed by atoms with Crippen LogP contribution >= 0.6 is 0 Å². The maximum atomic E-state index is 11.8. The predicted octanol–water partition coefficient (Wildman–Crippen LogP) is 2.88. The Hall–Kier alpha value is -1.35. The van der Waals surface area contributed by atoms with Gasteiger partial charge in [-0.1, -0.05) is 32.9 Å². The molecule has 114 valence electrons. The molecule has 0 N–H and O–H groups in total. The Morgan fingerprint density at radius 2 is 1.76 bits per heavy atom. The van der Waals surface area contributed by atoms with Crippen molar-refractivity contribution in [3.8, 4) is 0 Å². The van der Waals surface area contributed by atoms with Crippen molar-refractivity contribution in [3.05, 3.63) is 34.4 Å². The van der Waals surface area contributed by atoms with Crippen molar-refractivity contribution in [1.29, 1.82) is 0 Å². The Labute approximate surface area is 127 Å². The summed E-state index contributed by atoms with van der Waals surface area (Å²) in [7, 11) is 2.18. The van der Waals surface area contributed by atoms with Crippen molar-refractivity contribution < 1.29 is 4.79 Å². The van der Waals surface area contributed by atoms with E-state index in [4.69, 9.17) is 0 Å². The smallest absolute Gasteiger partial charge is 0.219 e. The van der Waals surface area contributed by atoms with Crippen LogP contribution in [0.15, 0.2) is 12.1 Å². The first-order chi connectivity index (χ1) is 9.75. The summed E-state index contributed by atoms with van der Waals surface area (Å²) in [6.07, 6.45) is 0. The van der Waals surface area contributed by atoms with Gasteiger partial charge in [-0.3, -0.25) is 4.79 Å². The second kappa shape index (κ2) is 4.84. The molecule has 0 bridgehead atoms. The summed E-state index contributed by atoms with van der Waals surface area (Å²) < 4.78 is 0. The van der Waals surface area contributed by atoms with Gasteiger partial charge >= 0.3 is 0 Å². The number of benzene rings is 1. The standard InChI is InChI=1S/C18H26N2O/c1-12(21)20-10-14-7-16(18(2,3)4)6-13-8-19(5)9-15(11-20)17(13)14/h6-7,15H,8-11H2,1-5H3. The lowest BCUT2D eigenvalue weighted by atomic mass is 9.77. The third-order valence-electron chi connectivity index (χ3n) is 4.85. The van der Waals surface area contributed by atoms with E-state index in [-0.39, 0.29) is 11.3 Å². The van der Waals surface area contributed by atoms with Gasteiger partial charge in [0.05, 0.1) is 0 Å². The van der Waals surface area contributed by atoms with E-state index >= 15 is 0 Å². The number of nitrogens with zero attached hydrogens (tertiary/aromatic N) is 2. The minimum atomic E-state index is 0.148. The minimum absolute atomic E-state index is 0.148. The number of amides is 1. The second-order valence-electron chi connectivity index (χ2n) is 7.75. The fourth-order valence-corrected chi connectivity index (χ4v) is 3.75. The monoisotopic (exact) mass is 286 g/mol. The summed E-state index contributed by atoms with van der Waals surface area (Å²) in [6, 6.07) is 4.73. The summed E-state index contributed by atoms with van der Waals surface area (Å²) in [5, 5.41) is 0. The quantitative estimate of drug-likeness (QED) is 0.732. The molecule has 21 heavy (non-hydrogen) atoms. The van der Waals surface area contributed by atoms with E-state index in [1.165, 1.54) is 22.3 Å². The minimum Gasteiger partial charge on any atom is -0.338 e. The Morgan fingerprint density at radius 1 is 1.14 bits per heavy atom. The fraction of sp³-hybridized carbons (Fsp3) is 0.611. The van der Waals surface area contributed by atoms with Crippen molar-refractivity contribution in [3.63, 3.8) is 0 Å². The zero-order valence-corrected chi connectivity index (χ0v) is 13.9. The molecule has 1 unspecified atom stereocenters. The molecule has 1 aromatic carbocycles. The number of carbonyl (C=O) groups excluding carboxylic acids is 1. The summed E-state index contributed by atoms with van der Waals surface area (Å²) in [5.74, 6) is 0.664. The van der Waals surface area contributed by atoms with E-state index in [0.29, 0.717) is 5.92 Å². The van der Waals surface area contributed by atoms with Crippen LogP contribution in [0.2, 0.25) is 0 Å². The van der Waals surface area contributed by atoms with Gasteiger partial charge in [0.2, 0.25) is 5.91 Å². The molecule has 0 saturated heterocycles. The molecule has 1 aromatic rings. The molecule has 1 atom stereocenters. The average molecular weight is 286 g/mol. The van der Waals surface area contributed by atoms with Crippen LogP contribution < -0.4 is 0 Å². The summed E-state index contributed by atoms with van der Waals surface area (Å²) in [5.41, 5.74) is 5.90. The molecule has 0 saturated carbocycles. The highest BCUT2D eigenvalue weighted by atomic mass is 16.2. The van der Waals surface area contributed by atoms with E-state index in [0.717, 1.165) is 26.2 Å². The number of hydrogen-bond donors (Lipinski definition) is 0. The van der Waals surface area contributed by atoms with Crippen LogP contribution in [0.1, 0.15) is 55.9 Å². The lowest BCUT2D eigenvalue weighted by molar-refractivity contribution is -0.130. The largest absolute Gasteiger partial charge is 0.338 e. The molecule has 0 aliphatic carbocycles. The van der Waals surface area contributed by atoms with Gasteiger partial charge in [0.1, 0.15) is 0 Å². The third-order valence-corrected chi connectivity index (χ3v) is 4.85. The molecule has 2 aliphatic rings. The molecular formula is C18H26N2O. The molecule has 3 rings (SSSR count). The van der Waals surface area contributed by atoms with Crippen molar-refractivity contribution in [2.75, 3.05) is 20.1 Å². The lowest BCUT2D eigenvalue weighted by Gasteiger charge is -2.42. The van der Waals surface area contributed by atoms with Crippen LogP contribution in [-0.2, 0) is 23.3 Å². The SMILES string of the molecule is CC(=O)N1Cc2cc(C(C)(C)C)cc3c2C(CN(C)C3)C1. The van der Waals surface area contributed by atoms with Crippen LogP contribution in [0, 0.1) is 0 Å². The Kier molecular flexibility index (Phi) is 3.36. The maximum absolute atomic E-state index is 11.8. The molecule has 2 heterocycles. The first-order valence-corrected chi connectivity index (χ1v) is 7.86. The number of hydrogen-bond acceptors (Lipinski definition) is 2. The van der Waals surface area contributed by atoms with Crippen molar-refractivity contribution in [1.82, 2.24) is 9.80 Å². The summed E-state index contributed by atoms with van der Waals surface area (Å²) in [6.45, 7) is 12.2. The molecule has 1 amide bonds. The van der Waals surface area contributed by atoms with E-state index in [1.54, 1.807) is 6.92 Å². The average Bonchev–Trinajstić information content (AvgIpc) is 2.36. The number of rotatable bonds is 0. The van der Waals surface area contributed by atoms with Crippen LogP contribution in [-0.4, -0.2) is 35.8 Å². The Morgan fingerprint density at radius 3 is 2.33 bits per heavy atom. The van der Waals surface area contributed by atoms with Gasteiger partial charge in [-0.05, 0) is 34.7 Å². The van der Waals surface area contributed by atoms with Crippen molar-refractivity contribution in [2.45, 2.75) is 52.1 Å². The van der Waals surface area contributed by atoms with Gasteiger partial charge in [-0.25, -0.2) is 0 Å². The van der Waals surface area contributed by atoms with E-state index in [1.807, 2.05) is 4.90 Å². The predicted molar refractivity (Wildman–Crippen MR) is 85.3 cm³/mol. The highest BCUT2D eigenvalue weighted by molar-refractivity contribution is 5.74. The number of carbonyl (C=O) groups is 1. The van der Waals surface area contributed by atoms with Crippen LogP contribution in [0.4, 0.5) is 0 Å². The Balaban J connectivity index is 2.12. The zero-order chi connectivity index (χ0) is 15.4. The fourth-order valence-electron chi connectivity index (χ4n) is 3.75. The number of likely N-dealkylation sites (N-methyl/N-ethyl adjacent to an activating group) is 1. The molecular weight excluding hydrogens is 260 g/mol. The molecule has 0 aromatic heterocycles. The van der Waals surface area contributed by atoms with E-state index in [9.17, 15) is 4.79 Å². The molecule has 0 radical (unpaired) electrons. The molecule has 0 spiro atoms. The first kappa shape index (κ1) is 14.6. The first-order valence-electron chi connectivity index (χ1n) is 7.86. The van der Waals surface area contributed by atoms with Gasteiger partial charge in [0.15, 0.2) is 0 Å². The van der Waals surface area contributed by atoms with E-state index in [2.05, 4.69) is 44.9 Å². The van der Waals surface area contributed by atoms with Gasteiger partial charge < -0.3 is 9.80 Å². The molecule has 2 aliphatic heterocycles. The lowest BCUT2D eigenvalue weighted by Crippen LogP contribution is -2.43. The van der Waals surface area contributed by atoms with Gasteiger partial charge in [0.25, 0.3) is 0 Å². The highest BCUT2D eigenvalue weighted by Crippen LogP contribution is 2.38. The van der Waals surface area contributed by atoms with Crippen molar-refractivity contribution in [2.24, 2.45) is 0 Å².